The highest BCUT2D eigenvalue weighted by Crippen LogP contribution is 2.22. The number of ether oxygens (including phenoxy) is 1. The van der Waals surface area contributed by atoms with Gasteiger partial charge in [-0.1, -0.05) is 6.07 Å². The molecular formula is C11H7F2NO. The van der Waals surface area contributed by atoms with Gasteiger partial charge in [0, 0.05) is 18.3 Å². The van der Waals surface area contributed by atoms with E-state index in [1.807, 2.05) is 0 Å². The average Bonchev–Trinajstić information content (AvgIpc) is 2.24. The van der Waals surface area contributed by atoms with Crippen LogP contribution in [0.2, 0.25) is 0 Å². The molecule has 15 heavy (non-hydrogen) atoms. The summed E-state index contributed by atoms with van der Waals surface area (Å²) in [6, 6.07) is 8.12. The van der Waals surface area contributed by atoms with Crippen LogP contribution >= 0.6 is 0 Å². The Morgan fingerprint density at radius 2 is 1.93 bits per heavy atom. The van der Waals surface area contributed by atoms with E-state index in [0.717, 1.165) is 12.1 Å². The highest BCUT2D eigenvalue weighted by molar-refractivity contribution is 5.28. The smallest absolute Gasteiger partial charge is 0.219 e. The zero-order valence-corrected chi connectivity index (χ0v) is 7.65. The maximum absolute atomic E-state index is 13.1. The Bertz CT molecular complexity index is 459. The van der Waals surface area contributed by atoms with Crippen molar-refractivity contribution < 1.29 is 13.5 Å². The van der Waals surface area contributed by atoms with E-state index in [0.29, 0.717) is 0 Å². The maximum Gasteiger partial charge on any atom is 0.219 e. The van der Waals surface area contributed by atoms with Gasteiger partial charge in [-0.15, -0.1) is 0 Å². The molecule has 0 aliphatic rings. The van der Waals surface area contributed by atoms with Crippen LogP contribution in [0.25, 0.3) is 0 Å². The van der Waals surface area contributed by atoms with E-state index >= 15 is 0 Å². The van der Waals surface area contributed by atoms with E-state index in [2.05, 4.69) is 4.98 Å². The first-order chi connectivity index (χ1) is 7.25. The molecule has 0 saturated carbocycles. The number of hydrogen-bond acceptors (Lipinski definition) is 2. The van der Waals surface area contributed by atoms with E-state index in [9.17, 15) is 8.78 Å². The maximum atomic E-state index is 13.1. The predicted molar refractivity (Wildman–Crippen MR) is 50.7 cm³/mol. The average molecular weight is 207 g/mol. The monoisotopic (exact) mass is 207 g/mol. The third-order valence-corrected chi connectivity index (χ3v) is 1.75. The Balaban J connectivity index is 2.25. The molecule has 0 fully saturated rings. The fraction of sp³-hybridized carbons (Fsp3) is 0. The lowest BCUT2D eigenvalue weighted by molar-refractivity contribution is 0.424. The van der Waals surface area contributed by atoms with Gasteiger partial charge in [-0.05, 0) is 18.2 Å². The van der Waals surface area contributed by atoms with Crippen molar-refractivity contribution in [1.29, 1.82) is 0 Å². The van der Waals surface area contributed by atoms with Crippen LogP contribution in [0.4, 0.5) is 8.78 Å². The van der Waals surface area contributed by atoms with E-state index in [4.69, 9.17) is 4.74 Å². The zero-order valence-electron chi connectivity index (χ0n) is 7.65. The molecule has 0 radical (unpaired) electrons. The van der Waals surface area contributed by atoms with Gasteiger partial charge in [0.2, 0.25) is 5.88 Å². The summed E-state index contributed by atoms with van der Waals surface area (Å²) in [5.41, 5.74) is 0. The van der Waals surface area contributed by atoms with Crippen LogP contribution in [0.1, 0.15) is 0 Å². The fourth-order valence-electron chi connectivity index (χ4n) is 1.08. The van der Waals surface area contributed by atoms with Gasteiger partial charge in [0.25, 0.3) is 0 Å². The van der Waals surface area contributed by atoms with Gasteiger partial charge in [0.05, 0.1) is 0 Å². The number of halogens is 2. The second-order valence-electron chi connectivity index (χ2n) is 2.84. The topological polar surface area (TPSA) is 22.1 Å². The van der Waals surface area contributed by atoms with E-state index in [-0.39, 0.29) is 11.6 Å². The van der Waals surface area contributed by atoms with Crippen molar-refractivity contribution in [2.45, 2.75) is 0 Å². The van der Waals surface area contributed by atoms with Crippen LogP contribution in [0.15, 0.2) is 42.6 Å². The second kappa shape index (κ2) is 4.04. The molecule has 1 aromatic heterocycles. The minimum absolute atomic E-state index is 0.0462. The van der Waals surface area contributed by atoms with E-state index in [1.54, 1.807) is 18.2 Å². The molecule has 0 spiro atoms. The SMILES string of the molecule is Fc1ccc(Oc2ccccn2)c(F)c1. The first-order valence-corrected chi connectivity index (χ1v) is 4.29. The van der Waals surface area contributed by atoms with Crippen LogP contribution in [0.3, 0.4) is 0 Å². The fourth-order valence-corrected chi connectivity index (χ4v) is 1.08. The summed E-state index contributed by atoms with van der Waals surface area (Å²) in [6.07, 6.45) is 1.52. The Morgan fingerprint density at radius 3 is 2.60 bits per heavy atom. The Morgan fingerprint density at radius 1 is 1.07 bits per heavy atom. The van der Waals surface area contributed by atoms with Crippen molar-refractivity contribution in [3.63, 3.8) is 0 Å². The van der Waals surface area contributed by atoms with E-state index in [1.165, 1.54) is 12.3 Å². The molecule has 0 atom stereocenters. The van der Waals surface area contributed by atoms with Crippen LogP contribution in [0, 0.1) is 11.6 Å². The molecule has 2 nitrogen and oxygen atoms in total. The summed E-state index contributed by atoms with van der Waals surface area (Å²) < 4.78 is 30.8. The standard InChI is InChI=1S/C11H7F2NO/c12-8-4-5-10(9(13)7-8)15-11-3-1-2-6-14-11/h1-7H. The number of nitrogens with zero attached hydrogens (tertiary/aromatic N) is 1. The molecule has 0 amide bonds. The van der Waals surface area contributed by atoms with Crippen LogP contribution in [-0.2, 0) is 0 Å². The molecule has 0 saturated heterocycles. The molecule has 0 N–H and O–H groups in total. The molecule has 1 aromatic carbocycles. The third kappa shape index (κ3) is 2.28. The Hall–Kier alpha value is -1.97. The van der Waals surface area contributed by atoms with Crippen molar-refractivity contribution in [2.24, 2.45) is 0 Å². The van der Waals surface area contributed by atoms with Gasteiger partial charge in [0.15, 0.2) is 11.6 Å². The van der Waals surface area contributed by atoms with Gasteiger partial charge in [-0.2, -0.15) is 0 Å². The van der Waals surface area contributed by atoms with Crippen molar-refractivity contribution in [3.05, 3.63) is 54.2 Å². The minimum atomic E-state index is -0.749. The molecule has 2 aromatic rings. The summed E-state index contributed by atoms with van der Waals surface area (Å²) in [7, 11) is 0. The summed E-state index contributed by atoms with van der Waals surface area (Å²) in [5, 5.41) is 0. The van der Waals surface area contributed by atoms with Crippen LogP contribution in [0.5, 0.6) is 11.6 Å². The predicted octanol–water partition coefficient (Wildman–Crippen LogP) is 3.15. The largest absolute Gasteiger partial charge is 0.436 e. The molecule has 0 aliphatic carbocycles. The van der Waals surface area contributed by atoms with Crippen molar-refractivity contribution in [3.8, 4) is 11.6 Å². The lowest BCUT2D eigenvalue weighted by Crippen LogP contribution is -1.90. The van der Waals surface area contributed by atoms with Crippen molar-refractivity contribution in [2.75, 3.05) is 0 Å². The number of aromatic nitrogens is 1. The summed E-state index contributed by atoms with van der Waals surface area (Å²) >= 11 is 0. The lowest BCUT2D eigenvalue weighted by Gasteiger charge is -2.04. The Labute approximate surface area is 85.2 Å². The van der Waals surface area contributed by atoms with Gasteiger partial charge >= 0.3 is 0 Å². The summed E-state index contributed by atoms with van der Waals surface area (Å²) in [6.45, 7) is 0. The molecule has 1 heterocycles. The molecule has 0 unspecified atom stereocenters. The van der Waals surface area contributed by atoms with Gasteiger partial charge < -0.3 is 4.74 Å². The van der Waals surface area contributed by atoms with E-state index < -0.39 is 11.6 Å². The quantitative estimate of drug-likeness (QED) is 0.754. The normalized spacial score (nSPS) is 10.0. The number of rotatable bonds is 2. The first-order valence-electron chi connectivity index (χ1n) is 4.29. The highest BCUT2D eigenvalue weighted by Gasteiger charge is 2.05. The number of benzene rings is 1. The highest BCUT2D eigenvalue weighted by atomic mass is 19.1. The molecule has 76 valence electrons. The van der Waals surface area contributed by atoms with Gasteiger partial charge in [-0.25, -0.2) is 13.8 Å². The Kier molecular flexibility index (Phi) is 2.58. The number of pyridine rings is 1. The van der Waals surface area contributed by atoms with Crippen molar-refractivity contribution in [1.82, 2.24) is 4.98 Å². The zero-order chi connectivity index (χ0) is 10.7. The molecule has 0 aliphatic heterocycles. The summed E-state index contributed by atoms with van der Waals surface area (Å²) in [4.78, 5) is 3.85. The second-order valence-corrected chi connectivity index (χ2v) is 2.84. The van der Waals surface area contributed by atoms with Crippen molar-refractivity contribution >= 4 is 0 Å². The molecule has 4 heteroatoms. The lowest BCUT2D eigenvalue weighted by atomic mass is 10.3. The van der Waals surface area contributed by atoms with Gasteiger partial charge in [-0.3, -0.25) is 0 Å². The summed E-state index contributed by atoms with van der Waals surface area (Å²) in [5.74, 6) is -1.17. The molecule has 2 rings (SSSR count). The van der Waals surface area contributed by atoms with Crippen LogP contribution < -0.4 is 4.74 Å². The first kappa shape index (κ1) is 9.58. The number of hydrogen-bond donors (Lipinski definition) is 0. The van der Waals surface area contributed by atoms with Gasteiger partial charge in [0.1, 0.15) is 5.82 Å². The molecular weight excluding hydrogens is 200 g/mol. The third-order valence-electron chi connectivity index (χ3n) is 1.75. The van der Waals surface area contributed by atoms with Crippen LogP contribution in [-0.4, -0.2) is 4.98 Å². The minimum Gasteiger partial charge on any atom is -0.436 e. The molecule has 0 bridgehead atoms.